The highest BCUT2D eigenvalue weighted by molar-refractivity contribution is 8.18. The zero-order valence-electron chi connectivity index (χ0n) is 22.9. The molecule has 0 aromatic heterocycles. The fourth-order valence-electron chi connectivity index (χ4n) is 4.38. The number of ether oxygens (including phenoxy) is 3. The van der Waals surface area contributed by atoms with E-state index in [9.17, 15) is 14.4 Å². The third-order valence-corrected chi connectivity index (χ3v) is 7.56. The normalized spacial score (nSPS) is 14.0. The Morgan fingerprint density at radius 2 is 1.74 bits per heavy atom. The van der Waals surface area contributed by atoms with Gasteiger partial charge >= 0.3 is 0 Å². The number of carbonyl (C=O) groups excluding carboxylic acids is 3. The maximum atomic E-state index is 13.0. The minimum Gasteiger partial charge on any atom is -0.494 e. The molecule has 8 nitrogen and oxygen atoms in total. The van der Waals surface area contributed by atoms with E-state index in [4.69, 9.17) is 25.8 Å². The quantitative estimate of drug-likeness (QED) is 0.193. The van der Waals surface area contributed by atoms with Crippen molar-refractivity contribution < 1.29 is 28.6 Å². The number of nitrogens with zero attached hydrogens (tertiary/aromatic N) is 1. The fourth-order valence-corrected chi connectivity index (χ4v) is 5.49. The lowest BCUT2D eigenvalue weighted by Gasteiger charge is -2.14. The van der Waals surface area contributed by atoms with Crippen molar-refractivity contribution in [3.05, 3.63) is 99.9 Å². The first-order valence-electron chi connectivity index (χ1n) is 13.1. The molecule has 1 fully saturated rings. The smallest absolute Gasteiger partial charge is 0.294 e. The third-order valence-electron chi connectivity index (χ3n) is 6.37. The van der Waals surface area contributed by atoms with E-state index >= 15 is 0 Å². The maximum Gasteiger partial charge on any atom is 0.294 e. The average molecular weight is 603 g/mol. The summed E-state index contributed by atoms with van der Waals surface area (Å²) >= 11 is 7.31. The Bertz CT molecular complexity index is 1690. The lowest BCUT2D eigenvalue weighted by molar-refractivity contribution is -0.127. The maximum absolute atomic E-state index is 13.0. The van der Waals surface area contributed by atoms with Crippen LogP contribution in [0.2, 0.25) is 5.02 Å². The molecule has 214 valence electrons. The molecule has 1 N–H and O–H groups in total. The molecule has 0 aliphatic carbocycles. The summed E-state index contributed by atoms with van der Waals surface area (Å²) in [6.07, 6.45) is 1.54. The summed E-state index contributed by atoms with van der Waals surface area (Å²) < 4.78 is 16.9. The number of carbonyl (C=O) groups is 3. The summed E-state index contributed by atoms with van der Waals surface area (Å²) in [7, 11) is 1.50. The number of benzene rings is 4. The Morgan fingerprint density at radius 1 is 0.976 bits per heavy atom. The first-order chi connectivity index (χ1) is 20.3. The summed E-state index contributed by atoms with van der Waals surface area (Å²) in [5.41, 5.74) is 2.03. The van der Waals surface area contributed by atoms with Crippen molar-refractivity contribution >= 4 is 63.0 Å². The van der Waals surface area contributed by atoms with Gasteiger partial charge in [-0.15, -0.1) is 0 Å². The van der Waals surface area contributed by atoms with Crippen molar-refractivity contribution in [1.82, 2.24) is 4.90 Å². The van der Waals surface area contributed by atoms with Crippen molar-refractivity contribution in [1.29, 1.82) is 0 Å². The van der Waals surface area contributed by atoms with Crippen molar-refractivity contribution in [3.8, 4) is 17.2 Å². The van der Waals surface area contributed by atoms with Crippen molar-refractivity contribution in [2.24, 2.45) is 0 Å². The van der Waals surface area contributed by atoms with E-state index in [0.29, 0.717) is 35.1 Å². The van der Waals surface area contributed by atoms with Gasteiger partial charge in [-0.3, -0.25) is 19.3 Å². The Hall–Kier alpha value is -4.47. The highest BCUT2D eigenvalue weighted by Crippen LogP contribution is 2.39. The van der Waals surface area contributed by atoms with Crippen LogP contribution in [0.5, 0.6) is 17.2 Å². The van der Waals surface area contributed by atoms with Crippen LogP contribution in [0, 0.1) is 0 Å². The molecule has 4 aromatic rings. The van der Waals surface area contributed by atoms with Crippen LogP contribution in [0.15, 0.2) is 83.8 Å². The molecule has 1 aliphatic rings. The summed E-state index contributed by atoms with van der Waals surface area (Å²) in [6.45, 7) is 2.27. The molecule has 0 bridgehead atoms. The predicted molar refractivity (Wildman–Crippen MR) is 165 cm³/mol. The first kappa shape index (κ1) is 29.0. The van der Waals surface area contributed by atoms with Crippen LogP contribution in [0.1, 0.15) is 18.1 Å². The molecule has 10 heteroatoms. The molecule has 1 heterocycles. The molecule has 1 aliphatic heterocycles. The Morgan fingerprint density at radius 3 is 2.48 bits per heavy atom. The summed E-state index contributed by atoms with van der Waals surface area (Å²) in [4.78, 5) is 39.2. The number of rotatable bonds is 10. The molecule has 0 unspecified atom stereocenters. The van der Waals surface area contributed by atoms with Gasteiger partial charge in [0.2, 0.25) is 5.91 Å². The van der Waals surface area contributed by atoms with Crippen LogP contribution in [0.3, 0.4) is 0 Å². The van der Waals surface area contributed by atoms with E-state index in [2.05, 4.69) is 11.4 Å². The molecule has 5 rings (SSSR count). The first-order valence-corrected chi connectivity index (χ1v) is 14.3. The number of amides is 3. The Labute approximate surface area is 252 Å². The molecule has 0 atom stereocenters. The molecule has 42 heavy (non-hydrogen) atoms. The highest BCUT2D eigenvalue weighted by Gasteiger charge is 2.36. The largest absolute Gasteiger partial charge is 0.494 e. The van der Waals surface area contributed by atoms with Crippen LogP contribution in [-0.2, 0) is 16.2 Å². The van der Waals surface area contributed by atoms with Gasteiger partial charge in [-0.25, -0.2) is 0 Å². The van der Waals surface area contributed by atoms with Crippen LogP contribution in [0.4, 0.5) is 10.5 Å². The lowest BCUT2D eigenvalue weighted by Crippen LogP contribution is -2.36. The zero-order chi connectivity index (χ0) is 29.6. The molecule has 4 aromatic carbocycles. The number of methoxy groups -OCH3 is 1. The average Bonchev–Trinajstić information content (AvgIpc) is 3.24. The minimum atomic E-state index is -0.571. The van der Waals surface area contributed by atoms with Gasteiger partial charge in [0.05, 0.1) is 23.6 Å². The number of fused-ring (bicyclic) bond motifs is 1. The number of hydrogen-bond donors (Lipinski definition) is 1. The van der Waals surface area contributed by atoms with Gasteiger partial charge in [0.1, 0.15) is 18.9 Å². The second-order valence-electron chi connectivity index (χ2n) is 9.28. The van der Waals surface area contributed by atoms with Crippen molar-refractivity contribution in [3.63, 3.8) is 0 Å². The van der Waals surface area contributed by atoms with E-state index in [0.717, 1.165) is 33.0 Å². The van der Waals surface area contributed by atoms with E-state index in [-0.39, 0.29) is 16.5 Å². The number of imide groups is 1. The third kappa shape index (κ3) is 6.70. The number of halogens is 1. The summed E-state index contributed by atoms with van der Waals surface area (Å²) in [5.74, 6) is 0.346. The van der Waals surface area contributed by atoms with Gasteiger partial charge < -0.3 is 19.5 Å². The summed E-state index contributed by atoms with van der Waals surface area (Å²) in [5, 5.41) is 4.68. The Balaban J connectivity index is 1.25. The van der Waals surface area contributed by atoms with Crippen molar-refractivity contribution in [2.75, 3.05) is 25.6 Å². The van der Waals surface area contributed by atoms with Crippen LogP contribution >= 0.6 is 23.4 Å². The fraction of sp³-hybridized carbons (Fsp3) is 0.156. The van der Waals surface area contributed by atoms with Gasteiger partial charge in [-0.1, -0.05) is 48.0 Å². The molecular weight excluding hydrogens is 576 g/mol. The number of anilines is 1. The number of thioether (sulfide) groups is 1. The van der Waals surface area contributed by atoms with Gasteiger partial charge in [-0.2, -0.15) is 0 Å². The van der Waals surface area contributed by atoms with Gasteiger partial charge in [0.25, 0.3) is 11.1 Å². The van der Waals surface area contributed by atoms with Gasteiger partial charge in [0.15, 0.2) is 11.5 Å². The number of nitrogens with one attached hydrogen (secondary N) is 1. The van der Waals surface area contributed by atoms with Gasteiger partial charge in [0, 0.05) is 5.69 Å². The molecule has 3 amide bonds. The van der Waals surface area contributed by atoms with Crippen molar-refractivity contribution in [2.45, 2.75) is 13.5 Å². The van der Waals surface area contributed by atoms with Crippen LogP contribution in [0.25, 0.3) is 16.8 Å². The van der Waals surface area contributed by atoms with E-state index in [1.165, 1.54) is 13.2 Å². The molecule has 0 spiro atoms. The molecule has 0 saturated carbocycles. The highest BCUT2D eigenvalue weighted by atomic mass is 35.5. The SMILES string of the molecule is CCOc1ccc(NC(=O)CN2C(=O)S/C(=C/c3cc(Cl)c(OCc4ccc5ccccc5c4)c(OC)c3)C2=O)cc1. The minimum absolute atomic E-state index is 0.164. The number of hydrogen-bond acceptors (Lipinski definition) is 7. The molecular formula is C32H27ClN2O6S. The second kappa shape index (κ2) is 13.0. The molecule has 0 radical (unpaired) electrons. The standard InChI is InChI=1S/C32H27ClN2O6S/c1-3-40-25-12-10-24(11-13-25)34-29(36)18-35-31(37)28(42-32(35)38)17-21-15-26(33)30(27(16-21)39-2)41-19-20-8-9-22-6-4-5-7-23(22)14-20/h4-17H,3,18-19H2,1-2H3,(H,34,36)/b28-17+. The summed E-state index contributed by atoms with van der Waals surface area (Å²) in [6, 6.07) is 24.3. The molecule has 1 saturated heterocycles. The van der Waals surface area contributed by atoms with E-state index in [1.807, 2.05) is 43.3 Å². The lowest BCUT2D eigenvalue weighted by atomic mass is 10.1. The van der Waals surface area contributed by atoms with E-state index < -0.39 is 23.6 Å². The second-order valence-corrected chi connectivity index (χ2v) is 10.7. The van der Waals surface area contributed by atoms with Crippen LogP contribution < -0.4 is 19.5 Å². The monoisotopic (exact) mass is 602 g/mol. The van der Waals surface area contributed by atoms with Crippen LogP contribution in [-0.4, -0.2) is 42.2 Å². The predicted octanol–water partition coefficient (Wildman–Crippen LogP) is 7.15. The zero-order valence-corrected chi connectivity index (χ0v) is 24.5. The Kier molecular flexibility index (Phi) is 9.00. The topological polar surface area (TPSA) is 94.2 Å². The van der Waals surface area contributed by atoms with Gasteiger partial charge in [-0.05, 0) is 89.1 Å². The van der Waals surface area contributed by atoms with E-state index in [1.54, 1.807) is 36.4 Å².